The molecule has 178 valence electrons. The van der Waals surface area contributed by atoms with Crippen LogP contribution < -0.4 is 4.74 Å². The number of ether oxygens (including phenoxy) is 1. The van der Waals surface area contributed by atoms with Gasteiger partial charge in [0.2, 0.25) is 11.7 Å². The number of aryl methyl sites for hydroxylation is 1. The quantitative estimate of drug-likeness (QED) is 0.343. The molecule has 0 unspecified atom stereocenters. The van der Waals surface area contributed by atoms with Gasteiger partial charge in [-0.05, 0) is 22.9 Å². The Bertz CT molecular complexity index is 1430. The zero-order valence-electron chi connectivity index (χ0n) is 18.1. The van der Waals surface area contributed by atoms with Crippen molar-refractivity contribution in [3.8, 4) is 28.7 Å². The third-order valence-corrected chi connectivity index (χ3v) is 5.04. The molecule has 0 aliphatic carbocycles. The van der Waals surface area contributed by atoms with Crippen molar-refractivity contribution in [1.29, 1.82) is 0 Å². The van der Waals surface area contributed by atoms with Gasteiger partial charge in [0.25, 0.3) is 5.89 Å². The molecule has 35 heavy (non-hydrogen) atoms. The highest BCUT2D eigenvalue weighted by Crippen LogP contribution is 2.30. The van der Waals surface area contributed by atoms with Crippen LogP contribution in [-0.2, 0) is 26.4 Å². The van der Waals surface area contributed by atoms with E-state index in [0.717, 1.165) is 29.5 Å². The third-order valence-electron chi connectivity index (χ3n) is 5.04. The standard InChI is InChI=1S/C21H16F3N9O2/c1-32-17(11-34-18-6-5-15(8-25-18)21(22,23)24)16(9-27-32)20-29-19(30-35-20)14-4-2-3-13(7-14)10-33-28-12-26-31-33/h2-9,12H,10-11H2,1H3. The Labute approximate surface area is 195 Å². The fourth-order valence-electron chi connectivity index (χ4n) is 3.27. The van der Waals surface area contributed by atoms with Crippen LogP contribution in [0.5, 0.6) is 5.88 Å². The maximum absolute atomic E-state index is 12.7. The molecule has 0 bridgehead atoms. The van der Waals surface area contributed by atoms with Crippen LogP contribution in [-0.4, -0.2) is 45.1 Å². The topological polar surface area (TPSA) is 122 Å². The second kappa shape index (κ2) is 8.96. The van der Waals surface area contributed by atoms with E-state index < -0.39 is 11.7 Å². The number of nitrogens with zero attached hydrogens (tertiary/aromatic N) is 9. The van der Waals surface area contributed by atoms with Gasteiger partial charge >= 0.3 is 6.18 Å². The molecule has 4 heterocycles. The number of aromatic nitrogens is 9. The van der Waals surface area contributed by atoms with E-state index in [1.165, 1.54) is 11.1 Å². The highest BCUT2D eigenvalue weighted by Gasteiger charge is 2.30. The van der Waals surface area contributed by atoms with E-state index in [1.807, 2.05) is 24.3 Å². The minimum absolute atomic E-state index is 0.0255. The van der Waals surface area contributed by atoms with Crippen molar-refractivity contribution in [2.24, 2.45) is 7.05 Å². The summed E-state index contributed by atoms with van der Waals surface area (Å²) in [5.74, 6) is 0.624. The fraction of sp³-hybridized carbons (Fsp3) is 0.190. The molecule has 0 saturated heterocycles. The number of hydrogen-bond acceptors (Lipinski definition) is 9. The first-order valence-corrected chi connectivity index (χ1v) is 10.2. The Balaban J connectivity index is 1.33. The number of benzene rings is 1. The van der Waals surface area contributed by atoms with Crippen molar-refractivity contribution in [3.63, 3.8) is 0 Å². The maximum atomic E-state index is 12.7. The smallest absolute Gasteiger partial charge is 0.417 e. The monoisotopic (exact) mass is 483 g/mol. The Morgan fingerprint density at radius 3 is 2.71 bits per heavy atom. The fourth-order valence-corrected chi connectivity index (χ4v) is 3.27. The van der Waals surface area contributed by atoms with Gasteiger partial charge in [-0.3, -0.25) is 4.68 Å². The molecule has 0 saturated carbocycles. The minimum Gasteiger partial charge on any atom is -0.471 e. The van der Waals surface area contributed by atoms with Crippen LogP contribution >= 0.6 is 0 Å². The number of hydrogen-bond donors (Lipinski definition) is 0. The summed E-state index contributed by atoms with van der Waals surface area (Å²) in [6.45, 7) is 0.406. The van der Waals surface area contributed by atoms with E-state index in [2.05, 4.69) is 35.6 Å². The van der Waals surface area contributed by atoms with E-state index >= 15 is 0 Å². The summed E-state index contributed by atoms with van der Waals surface area (Å²) >= 11 is 0. The van der Waals surface area contributed by atoms with Crippen LogP contribution in [0.15, 0.2) is 59.6 Å². The van der Waals surface area contributed by atoms with E-state index in [-0.39, 0.29) is 18.4 Å². The highest BCUT2D eigenvalue weighted by molar-refractivity contribution is 5.61. The van der Waals surface area contributed by atoms with Crippen molar-refractivity contribution in [2.75, 3.05) is 0 Å². The van der Waals surface area contributed by atoms with Crippen LogP contribution in [0.3, 0.4) is 0 Å². The molecule has 0 aliphatic heterocycles. The highest BCUT2D eigenvalue weighted by atomic mass is 19.4. The number of alkyl halides is 3. The first-order valence-electron chi connectivity index (χ1n) is 10.2. The molecule has 0 fully saturated rings. The number of pyridine rings is 1. The van der Waals surface area contributed by atoms with Gasteiger partial charge in [0, 0.05) is 24.9 Å². The van der Waals surface area contributed by atoms with E-state index in [1.54, 1.807) is 17.9 Å². The van der Waals surface area contributed by atoms with Gasteiger partial charge in [-0.25, -0.2) is 4.98 Å². The lowest BCUT2D eigenvalue weighted by molar-refractivity contribution is -0.137. The van der Waals surface area contributed by atoms with E-state index in [4.69, 9.17) is 9.26 Å². The Morgan fingerprint density at radius 1 is 1.09 bits per heavy atom. The van der Waals surface area contributed by atoms with Crippen molar-refractivity contribution in [1.82, 2.24) is 45.1 Å². The Hall–Kier alpha value is -4.62. The SMILES string of the molecule is Cn1ncc(-c2nc(-c3cccc(Cn4ncnn4)c3)no2)c1COc1ccc(C(F)(F)F)cn1. The van der Waals surface area contributed by atoms with Crippen molar-refractivity contribution < 1.29 is 22.4 Å². The van der Waals surface area contributed by atoms with Crippen molar-refractivity contribution >= 4 is 0 Å². The maximum Gasteiger partial charge on any atom is 0.417 e. The normalized spacial score (nSPS) is 11.7. The molecule has 0 N–H and O–H groups in total. The molecular weight excluding hydrogens is 467 g/mol. The van der Waals surface area contributed by atoms with Crippen LogP contribution in [0.4, 0.5) is 13.2 Å². The van der Waals surface area contributed by atoms with Gasteiger partial charge in [-0.2, -0.15) is 28.1 Å². The molecule has 5 aromatic rings. The minimum atomic E-state index is -4.47. The molecule has 1 aromatic carbocycles. The summed E-state index contributed by atoms with van der Waals surface area (Å²) in [4.78, 5) is 9.65. The Kier molecular flexibility index (Phi) is 5.68. The van der Waals surface area contributed by atoms with Gasteiger partial charge in [-0.15, -0.1) is 10.2 Å². The first kappa shape index (κ1) is 22.2. The number of tetrazole rings is 1. The molecule has 0 radical (unpaired) electrons. The molecule has 0 amide bonds. The molecule has 5 rings (SSSR count). The number of halogens is 3. The summed E-state index contributed by atoms with van der Waals surface area (Å²) in [5, 5.41) is 19.8. The van der Waals surface area contributed by atoms with Gasteiger partial charge in [0.15, 0.2) is 6.33 Å². The summed E-state index contributed by atoms with van der Waals surface area (Å²) in [5.41, 5.74) is 1.90. The lowest BCUT2D eigenvalue weighted by Crippen LogP contribution is -2.07. The predicted molar refractivity (Wildman–Crippen MR) is 112 cm³/mol. The van der Waals surface area contributed by atoms with Gasteiger partial charge in [-0.1, -0.05) is 23.4 Å². The molecule has 11 nitrogen and oxygen atoms in total. The molecular formula is C21H16F3N9O2. The number of rotatable bonds is 7. The lowest BCUT2D eigenvalue weighted by atomic mass is 10.1. The third kappa shape index (κ3) is 4.85. The van der Waals surface area contributed by atoms with Gasteiger partial charge in [0.05, 0.1) is 29.6 Å². The van der Waals surface area contributed by atoms with Crippen molar-refractivity contribution in [3.05, 3.63) is 71.9 Å². The zero-order valence-corrected chi connectivity index (χ0v) is 18.1. The molecule has 0 spiro atoms. The summed E-state index contributed by atoms with van der Waals surface area (Å²) < 4.78 is 50.8. The average Bonchev–Trinajstić information content (AvgIpc) is 3.59. The summed E-state index contributed by atoms with van der Waals surface area (Å²) in [6.07, 6.45) is -0.846. The summed E-state index contributed by atoms with van der Waals surface area (Å²) in [6, 6.07) is 9.57. The molecule has 0 aliphatic rings. The zero-order chi connectivity index (χ0) is 24.4. The largest absolute Gasteiger partial charge is 0.471 e. The molecule has 14 heteroatoms. The van der Waals surface area contributed by atoms with Crippen LogP contribution in [0.2, 0.25) is 0 Å². The average molecular weight is 483 g/mol. The molecule has 0 atom stereocenters. The van der Waals surface area contributed by atoms with Crippen molar-refractivity contribution in [2.45, 2.75) is 19.3 Å². The Morgan fingerprint density at radius 2 is 1.97 bits per heavy atom. The second-order valence-corrected chi connectivity index (χ2v) is 7.39. The molecule has 4 aromatic heterocycles. The van der Waals surface area contributed by atoms with Crippen LogP contribution in [0.25, 0.3) is 22.8 Å². The van der Waals surface area contributed by atoms with E-state index in [0.29, 0.717) is 23.6 Å². The summed E-state index contributed by atoms with van der Waals surface area (Å²) in [7, 11) is 1.70. The van der Waals surface area contributed by atoms with Gasteiger partial charge in [0.1, 0.15) is 6.61 Å². The second-order valence-electron chi connectivity index (χ2n) is 7.39. The lowest BCUT2D eigenvalue weighted by Gasteiger charge is -2.09. The first-order chi connectivity index (χ1) is 16.9. The van der Waals surface area contributed by atoms with Crippen LogP contribution in [0, 0.1) is 0 Å². The van der Waals surface area contributed by atoms with E-state index in [9.17, 15) is 13.2 Å². The van der Waals surface area contributed by atoms with Crippen LogP contribution in [0.1, 0.15) is 16.8 Å². The predicted octanol–water partition coefficient (Wildman–Crippen LogP) is 3.16. The van der Waals surface area contributed by atoms with Gasteiger partial charge < -0.3 is 9.26 Å².